The Labute approximate surface area is 301 Å². The van der Waals surface area contributed by atoms with Crippen molar-refractivity contribution in [2.75, 3.05) is 0 Å². The first kappa shape index (κ1) is 29.2. The van der Waals surface area contributed by atoms with Crippen molar-refractivity contribution in [3.63, 3.8) is 0 Å². The van der Waals surface area contributed by atoms with Crippen molar-refractivity contribution in [1.29, 1.82) is 0 Å². The molecule has 0 bridgehead atoms. The number of hydrogen-bond donors (Lipinski definition) is 0. The molecule has 4 heterocycles. The van der Waals surface area contributed by atoms with E-state index in [0.29, 0.717) is 23.0 Å². The second-order valence-electron chi connectivity index (χ2n) is 13.8. The molecular formula is C44H28B2O6. The van der Waals surface area contributed by atoms with Crippen molar-refractivity contribution in [2.45, 2.75) is 13.8 Å². The zero-order valence-electron chi connectivity index (χ0n) is 28.3. The van der Waals surface area contributed by atoms with Gasteiger partial charge in [-0.3, -0.25) is 0 Å². The van der Waals surface area contributed by atoms with Gasteiger partial charge in [0.2, 0.25) is 0 Å². The molecular weight excluding hydrogens is 646 g/mol. The highest BCUT2D eigenvalue weighted by Gasteiger charge is 2.45. The van der Waals surface area contributed by atoms with Crippen molar-refractivity contribution in [3.05, 3.63) is 145 Å². The van der Waals surface area contributed by atoms with Crippen LogP contribution in [0.2, 0.25) is 0 Å². The van der Waals surface area contributed by atoms with Crippen LogP contribution in [-0.4, -0.2) is 13.4 Å². The number of benzene rings is 7. The van der Waals surface area contributed by atoms with Gasteiger partial charge in [0.15, 0.2) is 0 Å². The fraction of sp³-hybridized carbons (Fsp3) is 0.0455. The highest BCUT2D eigenvalue weighted by molar-refractivity contribution is 7.01. The lowest BCUT2D eigenvalue weighted by molar-refractivity contribution is 0.435. The maximum Gasteiger partial charge on any atom is 0.260 e. The zero-order valence-corrected chi connectivity index (χ0v) is 28.3. The van der Waals surface area contributed by atoms with Crippen LogP contribution >= 0.6 is 0 Å². The second-order valence-corrected chi connectivity index (χ2v) is 13.8. The van der Waals surface area contributed by atoms with Gasteiger partial charge in [-0.2, -0.15) is 0 Å². The average molecular weight is 674 g/mol. The van der Waals surface area contributed by atoms with Gasteiger partial charge < -0.3 is 28.4 Å². The first-order valence-electron chi connectivity index (χ1n) is 17.4. The normalized spacial score (nSPS) is 13.3. The Kier molecular flexibility index (Phi) is 6.17. The van der Waals surface area contributed by atoms with E-state index in [1.165, 1.54) is 0 Å². The Morgan fingerprint density at radius 2 is 0.731 bits per heavy atom. The van der Waals surface area contributed by atoms with Crippen LogP contribution in [0, 0.1) is 13.8 Å². The molecule has 7 aromatic carbocycles. The summed E-state index contributed by atoms with van der Waals surface area (Å²) in [4.78, 5) is 0. The predicted molar refractivity (Wildman–Crippen MR) is 204 cm³/mol. The number of ether oxygens (including phenoxy) is 6. The third-order valence-electron chi connectivity index (χ3n) is 10.3. The van der Waals surface area contributed by atoms with E-state index in [2.05, 4.69) is 56.3 Å². The van der Waals surface area contributed by atoms with E-state index in [9.17, 15) is 0 Å². The lowest BCUT2D eigenvalue weighted by Gasteiger charge is -2.36. The number of aryl methyl sites for hydroxylation is 2. The van der Waals surface area contributed by atoms with E-state index in [1.807, 2.05) is 91.0 Å². The molecule has 0 atom stereocenters. The highest BCUT2D eigenvalue weighted by Crippen LogP contribution is 2.43. The minimum atomic E-state index is -0.131. The summed E-state index contributed by atoms with van der Waals surface area (Å²) in [5.74, 6) is 8.66. The quantitative estimate of drug-likeness (QED) is 0.182. The van der Waals surface area contributed by atoms with Crippen molar-refractivity contribution in [2.24, 2.45) is 0 Å². The summed E-state index contributed by atoms with van der Waals surface area (Å²) in [5.41, 5.74) is 8.48. The molecule has 0 aliphatic carbocycles. The summed E-state index contributed by atoms with van der Waals surface area (Å²) in [6.45, 7) is 3.91. The molecule has 0 fully saturated rings. The molecule has 4 aliphatic rings. The number of rotatable bonds is 4. The predicted octanol–water partition coefficient (Wildman–Crippen LogP) is 7.34. The third kappa shape index (κ3) is 4.54. The average Bonchev–Trinajstić information content (AvgIpc) is 3.14. The maximum absolute atomic E-state index is 6.80. The topological polar surface area (TPSA) is 55.4 Å². The van der Waals surface area contributed by atoms with Gasteiger partial charge in [-0.05, 0) is 83.2 Å². The van der Waals surface area contributed by atoms with E-state index >= 15 is 0 Å². The lowest BCUT2D eigenvalue weighted by atomic mass is 9.31. The van der Waals surface area contributed by atoms with Gasteiger partial charge in [-0.1, -0.05) is 66.7 Å². The number of fused-ring (bicyclic) bond motifs is 8. The Morgan fingerprint density at radius 1 is 0.346 bits per heavy atom. The van der Waals surface area contributed by atoms with Crippen LogP contribution in [0.5, 0.6) is 69.0 Å². The smallest absolute Gasteiger partial charge is 0.260 e. The standard InChI is InChI=1S/C44H28B2O6/c1-25-13-15-31-35(17-25)49-39-19-29(47-27-9-5-3-6-10-27)21-41-43(39)45(31)33-23-34-38(24-37(33)51-41)52-42-22-30(48-28-11-7-4-8-12-28)20-40-44(42)46(34)32-16-14-26(2)18-36(32)50-40/h3-24H,1-2H3. The van der Waals surface area contributed by atoms with Crippen LogP contribution in [0.4, 0.5) is 0 Å². The maximum atomic E-state index is 6.80. The van der Waals surface area contributed by atoms with Crippen molar-refractivity contribution < 1.29 is 28.4 Å². The molecule has 0 unspecified atom stereocenters. The Balaban J connectivity index is 1.09. The summed E-state index contributed by atoms with van der Waals surface area (Å²) in [7, 11) is 0. The minimum absolute atomic E-state index is 0.131. The van der Waals surface area contributed by atoms with Gasteiger partial charge >= 0.3 is 0 Å². The molecule has 0 saturated heterocycles. The minimum Gasteiger partial charge on any atom is -0.458 e. The van der Waals surface area contributed by atoms with Gasteiger partial charge in [-0.25, -0.2) is 0 Å². The summed E-state index contributed by atoms with van der Waals surface area (Å²) in [5, 5.41) is 0. The molecule has 11 rings (SSSR count). The van der Waals surface area contributed by atoms with Gasteiger partial charge in [0.1, 0.15) is 69.0 Å². The SMILES string of the molecule is Cc1ccc2c(c1)Oc1cc(Oc3ccccc3)cc3c1B2c1cc2c(cc1O3)Oc1cc(Oc3ccccc3)cc3c1B2c1ccc(C)cc1O3. The van der Waals surface area contributed by atoms with Crippen LogP contribution < -0.4 is 61.2 Å². The van der Waals surface area contributed by atoms with Crippen LogP contribution in [0.3, 0.4) is 0 Å². The van der Waals surface area contributed by atoms with E-state index < -0.39 is 0 Å². The molecule has 52 heavy (non-hydrogen) atoms. The van der Waals surface area contributed by atoms with E-state index in [0.717, 1.165) is 89.9 Å². The highest BCUT2D eigenvalue weighted by atomic mass is 16.5. The largest absolute Gasteiger partial charge is 0.458 e. The number of para-hydroxylation sites is 2. The van der Waals surface area contributed by atoms with E-state index in [1.54, 1.807) is 0 Å². The van der Waals surface area contributed by atoms with Gasteiger partial charge in [-0.15, -0.1) is 0 Å². The summed E-state index contributed by atoms with van der Waals surface area (Å²) in [6.07, 6.45) is 0. The van der Waals surface area contributed by atoms with Crippen LogP contribution in [0.1, 0.15) is 11.1 Å². The molecule has 0 aromatic heterocycles. The monoisotopic (exact) mass is 674 g/mol. The van der Waals surface area contributed by atoms with Crippen LogP contribution in [0.15, 0.2) is 133 Å². The second kappa shape index (κ2) is 11.0. The fourth-order valence-electron chi connectivity index (χ4n) is 8.02. The molecule has 0 saturated carbocycles. The summed E-state index contributed by atoms with van der Waals surface area (Å²) < 4.78 is 39.5. The zero-order chi connectivity index (χ0) is 34.5. The molecule has 0 N–H and O–H groups in total. The number of hydrogen-bond acceptors (Lipinski definition) is 6. The first-order valence-corrected chi connectivity index (χ1v) is 17.4. The molecule has 0 spiro atoms. The fourth-order valence-corrected chi connectivity index (χ4v) is 8.02. The summed E-state index contributed by atoms with van der Waals surface area (Å²) in [6, 6.07) is 44.5. The third-order valence-corrected chi connectivity index (χ3v) is 10.3. The Morgan fingerprint density at radius 3 is 1.13 bits per heavy atom. The molecule has 8 heteroatoms. The summed E-state index contributed by atoms with van der Waals surface area (Å²) >= 11 is 0. The molecule has 246 valence electrons. The van der Waals surface area contributed by atoms with Gasteiger partial charge in [0.25, 0.3) is 13.4 Å². The van der Waals surface area contributed by atoms with Crippen molar-refractivity contribution in [3.8, 4) is 69.0 Å². The molecule has 0 radical (unpaired) electrons. The van der Waals surface area contributed by atoms with Gasteiger partial charge in [0.05, 0.1) is 0 Å². The molecule has 7 aromatic rings. The van der Waals surface area contributed by atoms with Crippen LogP contribution in [-0.2, 0) is 0 Å². The van der Waals surface area contributed by atoms with Crippen molar-refractivity contribution in [1.82, 2.24) is 0 Å². The molecule has 0 amide bonds. The van der Waals surface area contributed by atoms with E-state index in [-0.39, 0.29) is 13.4 Å². The Hall–Kier alpha value is -6.53. The molecule has 4 aliphatic heterocycles. The lowest BCUT2D eigenvalue weighted by Crippen LogP contribution is -2.61. The first-order chi connectivity index (χ1) is 25.5. The van der Waals surface area contributed by atoms with E-state index in [4.69, 9.17) is 28.4 Å². The van der Waals surface area contributed by atoms with Crippen molar-refractivity contribution >= 4 is 46.2 Å². The van der Waals surface area contributed by atoms with Gasteiger partial charge in [0, 0.05) is 41.3 Å². The molecule has 6 nitrogen and oxygen atoms in total. The van der Waals surface area contributed by atoms with Crippen LogP contribution in [0.25, 0.3) is 0 Å². The Bertz CT molecular complexity index is 2450.